The number of carbonyl (C=O) groups excluding carboxylic acids is 2. The Morgan fingerprint density at radius 3 is 2.18 bits per heavy atom. The number of carbonyl (C=O) groups is 2. The van der Waals surface area contributed by atoms with Crippen LogP contribution < -0.4 is 5.32 Å². The van der Waals surface area contributed by atoms with E-state index in [9.17, 15) is 14.4 Å². The molecule has 1 aromatic carbocycles. The van der Waals surface area contributed by atoms with Gasteiger partial charge in [0.15, 0.2) is 0 Å². The summed E-state index contributed by atoms with van der Waals surface area (Å²) in [6.45, 7) is 7.14. The predicted octanol–water partition coefficient (Wildman–Crippen LogP) is 1.68. The van der Waals surface area contributed by atoms with Crippen LogP contribution >= 0.6 is 0 Å². The number of ether oxygens (including phenoxy) is 1. The number of hydrogen-bond donors (Lipinski definition) is 2. The molecule has 6 nitrogen and oxygen atoms in total. The van der Waals surface area contributed by atoms with Crippen molar-refractivity contribution in [3.63, 3.8) is 0 Å². The fraction of sp³-hybridized carbons (Fsp3) is 0.400. The molecule has 0 atom stereocenters. The first-order valence-electron chi connectivity index (χ1n) is 6.28. The van der Waals surface area contributed by atoms with Crippen LogP contribution in [0.1, 0.15) is 36.7 Å². The van der Waals surface area contributed by atoms with E-state index in [2.05, 4.69) is 0 Å². The van der Waals surface area contributed by atoms with Crippen LogP contribution in [0.5, 0.6) is 0 Å². The van der Waals surface area contributed by atoms with Crippen molar-refractivity contribution in [2.75, 3.05) is 6.54 Å². The number of carboxylic acid groups (broad SMARTS) is 1. The van der Waals surface area contributed by atoms with Crippen molar-refractivity contribution in [3.05, 3.63) is 35.4 Å². The largest absolute Gasteiger partial charge is 0.521 e. The first-order chi connectivity index (χ1) is 9.67. The summed E-state index contributed by atoms with van der Waals surface area (Å²) in [4.78, 5) is 30.4. The zero-order valence-corrected chi connectivity index (χ0v) is 15.3. The maximum Gasteiger partial charge on any atom is 0.338 e. The molecular formula is C15H20FmNO5-. The standard InChI is InChI=1S/C12H16O2.C3H4NO3.Fm/c1-9-7-5-6-8-10(9)11(13)14-12(2,3)4;5-2-4-1-3(6)7;/h5-8H,1-4H3;1H2,(H,4,5)(H,6,7);/q;-1;. The Labute approximate surface area is 124 Å². The van der Waals surface area contributed by atoms with Crippen LogP contribution in [-0.2, 0) is 14.3 Å². The molecule has 0 spiro atoms. The van der Waals surface area contributed by atoms with E-state index < -0.39 is 11.6 Å². The zero-order chi connectivity index (χ0) is 16.5. The van der Waals surface area contributed by atoms with E-state index >= 15 is 0 Å². The minimum absolute atomic E-state index is 0. The molecule has 128 valence electrons. The van der Waals surface area contributed by atoms with Gasteiger partial charge in [0.05, 0.1) is 12.1 Å². The molecule has 0 fully saturated rings. The number of hydrogen-bond acceptors (Lipinski definition) is 4. The van der Waals surface area contributed by atoms with Gasteiger partial charge in [-0.15, -0.1) is 0 Å². The number of benzene rings is 1. The van der Waals surface area contributed by atoms with Crippen molar-refractivity contribution < 1.29 is 24.2 Å². The van der Waals surface area contributed by atoms with Gasteiger partial charge in [-0.25, -0.2) is 4.79 Å². The molecule has 0 saturated carbocycles. The molecule has 0 saturated heterocycles. The maximum absolute atomic E-state index is 11.7. The predicted molar refractivity (Wildman–Crippen MR) is 77.7 cm³/mol. The molecule has 0 radical (unpaired) electrons. The molecule has 0 aromatic heterocycles. The second kappa shape index (κ2) is 9.52. The Bertz CT molecular complexity index is 497. The van der Waals surface area contributed by atoms with Crippen molar-refractivity contribution in [2.24, 2.45) is 0 Å². The van der Waals surface area contributed by atoms with Crippen LogP contribution in [0.15, 0.2) is 24.3 Å². The number of carboxylic acids is 1. The first-order valence-corrected chi connectivity index (χ1v) is 6.28. The summed E-state index contributed by atoms with van der Waals surface area (Å²) in [7, 11) is 0. The molecule has 1 amide bonds. The molecule has 0 bridgehead atoms. The van der Waals surface area contributed by atoms with Crippen molar-refractivity contribution in [1.29, 1.82) is 0 Å². The normalized spacial score (nSPS) is 9.45. The van der Waals surface area contributed by atoms with Gasteiger partial charge in [0, 0.05) is 0 Å². The quantitative estimate of drug-likeness (QED) is 0.338. The molecule has 1 rings (SSSR count). The number of aryl methyl sites for hydroxylation is 1. The van der Waals surface area contributed by atoms with Crippen LogP contribution in [0, 0.1) is 6.92 Å². The van der Waals surface area contributed by atoms with Crippen LogP contribution in [0.25, 0.3) is 0 Å². The van der Waals surface area contributed by atoms with E-state index in [4.69, 9.17) is 9.84 Å². The molecular weight excluding hydrogens is 531 g/mol. The topological polar surface area (TPSA) is 92.7 Å². The van der Waals surface area contributed by atoms with E-state index in [1.54, 1.807) is 6.07 Å². The monoisotopic (exact) mass is 551 g/mol. The van der Waals surface area contributed by atoms with Crippen molar-refractivity contribution in [1.82, 2.24) is 5.32 Å². The molecule has 0 aliphatic heterocycles. The SMILES string of the molecule is Cc1ccccc1C(=O)OC(C)(C)C.O=[C-]NCC(=O)O.[Fm]. The molecule has 1 aromatic rings. The third-order valence-electron chi connectivity index (χ3n) is 2.08. The second-order valence-corrected chi connectivity index (χ2v) is 5.17. The molecule has 0 aliphatic carbocycles. The number of rotatable bonds is 4. The van der Waals surface area contributed by atoms with Gasteiger partial charge in [-0.1, -0.05) is 18.2 Å². The van der Waals surface area contributed by atoms with Gasteiger partial charge in [0.25, 0.3) is 0 Å². The average Bonchev–Trinajstić information content (AvgIpc) is 2.35. The number of amides is 1. The van der Waals surface area contributed by atoms with Gasteiger partial charge in [-0.3, -0.25) is 4.79 Å². The van der Waals surface area contributed by atoms with Crippen molar-refractivity contribution >= 4 is 18.3 Å². The van der Waals surface area contributed by atoms with E-state index in [1.165, 1.54) is 6.41 Å². The summed E-state index contributed by atoms with van der Waals surface area (Å²) in [6, 6.07) is 7.43. The Hall–Kier alpha value is -3.37. The summed E-state index contributed by atoms with van der Waals surface area (Å²) in [5, 5.41) is 9.65. The molecule has 0 aliphatic rings. The van der Waals surface area contributed by atoms with E-state index in [0.717, 1.165) is 5.56 Å². The van der Waals surface area contributed by atoms with Crippen LogP contribution in [-0.4, -0.2) is 35.6 Å². The Morgan fingerprint density at radius 1 is 1.27 bits per heavy atom. The van der Waals surface area contributed by atoms with Crippen LogP contribution in [0.2, 0.25) is 0 Å². The van der Waals surface area contributed by atoms with E-state index in [0.29, 0.717) is 5.56 Å². The Kier molecular flexibility index (Phi) is 9.06. The zero-order valence-electron chi connectivity index (χ0n) is 12.9. The van der Waals surface area contributed by atoms with Gasteiger partial charge in [-0.2, -0.15) is 6.41 Å². The van der Waals surface area contributed by atoms with Gasteiger partial charge in [0.1, 0.15) is 5.60 Å². The molecule has 0 unspecified atom stereocenters. The first kappa shape index (κ1) is 20.9. The van der Waals surface area contributed by atoms with Gasteiger partial charge >= 0.3 is 11.9 Å². The molecule has 0 heterocycles. The number of nitrogens with one attached hydrogen (secondary N) is 1. The summed E-state index contributed by atoms with van der Waals surface area (Å²) in [5.41, 5.74) is 1.16. The second-order valence-electron chi connectivity index (χ2n) is 5.17. The van der Waals surface area contributed by atoms with Gasteiger partial charge in [-0.05, 0) is 39.3 Å². The summed E-state index contributed by atoms with van der Waals surface area (Å²) >= 11 is 0. The summed E-state index contributed by atoms with van der Waals surface area (Å²) < 4.78 is 5.27. The fourth-order valence-electron chi connectivity index (χ4n) is 1.25. The number of aliphatic carboxylic acids is 1. The minimum Gasteiger partial charge on any atom is -0.521 e. The van der Waals surface area contributed by atoms with Crippen molar-refractivity contribution in [2.45, 2.75) is 33.3 Å². The Balaban J connectivity index is 0. The smallest absolute Gasteiger partial charge is 0.338 e. The van der Waals surface area contributed by atoms with Gasteiger partial charge < -0.3 is 20.0 Å². The Morgan fingerprint density at radius 2 is 1.82 bits per heavy atom. The van der Waals surface area contributed by atoms with E-state index in [-0.39, 0.29) is 12.5 Å². The number of esters is 1. The van der Waals surface area contributed by atoms with Crippen molar-refractivity contribution in [3.8, 4) is 0 Å². The average molecular weight is 551 g/mol. The van der Waals surface area contributed by atoms with Gasteiger partial charge in [0.2, 0.25) is 0 Å². The summed E-state index contributed by atoms with van der Waals surface area (Å²) in [6.07, 6.45) is 1.22. The molecule has 22 heavy (non-hydrogen) atoms. The maximum atomic E-state index is 11.7. The van der Waals surface area contributed by atoms with Crippen LogP contribution in [0.4, 0.5) is 0 Å². The fourth-order valence-corrected chi connectivity index (χ4v) is 1.25. The van der Waals surface area contributed by atoms with Crippen LogP contribution in [0.3, 0.4) is 0 Å². The summed E-state index contributed by atoms with van der Waals surface area (Å²) in [5.74, 6) is -1.32. The van der Waals surface area contributed by atoms with E-state index in [1.807, 2.05) is 51.2 Å². The third kappa shape index (κ3) is 9.55. The molecule has 7 heteroatoms. The third-order valence-corrected chi connectivity index (χ3v) is 2.08. The minimum atomic E-state index is -1.07. The molecule has 2 N–H and O–H groups in total.